The Bertz CT molecular complexity index is 1060. The molecule has 0 unspecified atom stereocenters. The number of hydrogen-bond donors (Lipinski definition) is 1. The first-order chi connectivity index (χ1) is 13.1. The minimum Gasteiger partial charge on any atom is -0.459 e. The summed E-state index contributed by atoms with van der Waals surface area (Å²) >= 11 is 0. The van der Waals surface area contributed by atoms with Crippen LogP contribution in [0.2, 0.25) is 0 Å². The second-order valence-electron chi connectivity index (χ2n) is 6.27. The lowest BCUT2D eigenvalue weighted by molar-refractivity contribution is 0.0996. The van der Waals surface area contributed by atoms with E-state index in [1.54, 1.807) is 54.6 Å². The van der Waals surface area contributed by atoms with Crippen molar-refractivity contribution in [2.45, 2.75) is 17.7 Å². The molecule has 1 aliphatic rings. The van der Waals surface area contributed by atoms with Crippen molar-refractivity contribution < 1.29 is 17.6 Å². The van der Waals surface area contributed by atoms with E-state index in [2.05, 4.69) is 5.32 Å². The molecule has 138 valence electrons. The number of rotatable bonds is 4. The molecule has 0 saturated carbocycles. The van der Waals surface area contributed by atoms with E-state index < -0.39 is 10.0 Å². The highest BCUT2D eigenvalue weighted by atomic mass is 32.2. The summed E-state index contributed by atoms with van der Waals surface area (Å²) in [6, 6.07) is 16.9. The average Bonchev–Trinajstić information content (AvgIpc) is 3.23. The predicted octanol–water partition coefficient (Wildman–Crippen LogP) is 3.67. The smallest absolute Gasteiger partial charge is 0.291 e. The van der Waals surface area contributed by atoms with Crippen LogP contribution in [0.5, 0.6) is 0 Å². The molecule has 0 aliphatic carbocycles. The van der Waals surface area contributed by atoms with Crippen LogP contribution in [0.4, 0.5) is 11.4 Å². The summed E-state index contributed by atoms with van der Waals surface area (Å²) < 4.78 is 32.6. The van der Waals surface area contributed by atoms with E-state index in [1.165, 1.54) is 10.6 Å². The SMILES string of the molecule is O=C(Nc1ccc2c(c1)CCCN2S(=O)(=O)c1ccccc1)c1ccco1. The zero-order chi connectivity index (χ0) is 18.9. The Morgan fingerprint density at radius 1 is 1.04 bits per heavy atom. The summed E-state index contributed by atoms with van der Waals surface area (Å²) in [5, 5.41) is 2.78. The zero-order valence-corrected chi connectivity index (χ0v) is 15.3. The predicted molar refractivity (Wildman–Crippen MR) is 102 cm³/mol. The van der Waals surface area contributed by atoms with Gasteiger partial charge >= 0.3 is 0 Å². The Morgan fingerprint density at radius 3 is 2.59 bits per heavy atom. The zero-order valence-electron chi connectivity index (χ0n) is 14.5. The molecule has 1 amide bonds. The van der Waals surface area contributed by atoms with Gasteiger partial charge in [0.15, 0.2) is 5.76 Å². The minimum absolute atomic E-state index is 0.223. The first-order valence-corrected chi connectivity index (χ1v) is 10.1. The number of furan rings is 1. The number of anilines is 2. The van der Waals surface area contributed by atoms with E-state index in [0.29, 0.717) is 24.3 Å². The van der Waals surface area contributed by atoms with Gasteiger partial charge in [-0.05, 0) is 60.9 Å². The van der Waals surface area contributed by atoms with Crippen molar-refractivity contribution >= 4 is 27.3 Å². The van der Waals surface area contributed by atoms with Crippen LogP contribution < -0.4 is 9.62 Å². The molecule has 0 radical (unpaired) electrons. The molecule has 0 fully saturated rings. The number of nitrogens with one attached hydrogen (secondary N) is 1. The highest BCUT2D eigenvalue weighted by molar-refractivity contribution is 7.92. The van der Waals surface area contributed by atoms with Crippen LogP contribution in [0, 0.1) is 0 Å². The number of fused-ring (bicyclic) bond motifs is 1. The summed E-state index contributed by atoms with van der Waals surface area (Å²) in [6.07, 6.45) is 2.91. The molecular formula is C20H18N2O4S. The molecule has 4 rings (SSSR count). The van der Waals surface area contributed by atoms with Gasteiger partial charge in [-0.3, -0.25) is 9.10 Å². The first-order valence-electron chi connectivity index (χ1n) is 8.61. The fraction of sp³-hybridized carbons (Fsp3) is 0.150. The van der Waals surface area contributed by atoms with E-state index in [1.807, 2.05) is 6.07 Å². The summed E-state index contributed by atoms with van der Waals surface area (Å²) in [4.78, 5) is 12.4. The average molecular weight is 382 g/mol. The number of carbonyl (C=O) groups excluding carboxylic acids is 1. The molecule has 0 atom stereocenters. The van der Waals surface area contributed by atoms with Gasteiger partial charge in [0.05, 0.1) is 16.8 Å². The van der Waals surface area contributed by atoms with Crippen molar-refractivity contribution in [3.8, 4) is 0 Å². The summed E-state index contributed by atoms with van der Waals surface area (Å²) in [7, 11) is -3.62. The van der Waals surface area contributed by atoms with Crippen LogP contribution in [-0.4, -0.2) is 20.9 Å². The van der Waals surface area contributed by atoms with Crippen LogP contribution >= 0.6 is 0 Å². The molecule has 1 aliphatic heterocycles. The number of amides is 1. The topological polar surface area (TPSA) is 79.6 Å². The van der Waals surface area contributed by atoms with Crippen LogP contribution in [0.1, 0.15) is 22.5 Å². The molecule has 2 heterocycles. The number of benzene rings is 2. The van der Waals surface area contributed by atoms with Gasteiger partial charge in [0, 0.05) is 12.2 Å². The van der Waals surface area contributed by atoms with E-state index in [-0.39, 0.29) is 16.6 Å². The van der Waals surface area contributed by atoms with Gasteiger partial charge in [0.2, 0.25) is 0 Å². The van der Waals surface area contributed by atoms with Crippen molar-refractivity contribution in [1.82, 2.24) is 0 Å². The highest BCUT2D eigenvalue weighted by Crippen LogP contribution is 2.33. The van der Waals surface area contributed by atoms with Crippen molar-refractivity contribution in [1.29, 1.82) is 0 Å². The minimum atomic E-state index is -3.62. The maximum absolute atomic E-state index is 13.0. The molecular weight excluding hydrogens is 364 g/mol. The standard InChI is InChI=1S/C20H18N2O4S/c23-20(19-9-5-13-26-19)21-16-10-11-18-15(14-16)6-4-12-22(18)27(24,25)17-7-2-1-3-8-17/h1-3,5,7-11,13-14H,4,6,12H2,(H,21,23). The van der Waals surface area contributed by atoms with E-state index in [4.69, 9.17) is 4.42 Å². The lowest BCUT2D eigenvalue weighted by atomic mass is 10.0. The Kier molecular flexibility index (Phi) is 4.45. The fourth-order valence-electron chi connectivity index (χ4n) is 3.21. The second kappa shape index (κ2) is 6.92. The molecule has 0 spiro atoms. The third-order valence-corrected chi connectivity index (χ3v) is 6.32. The largest absolute Gasteiger partial charge is 0.459 e. The summed E-state index contributed by atoms with van der Waals surface area (Å²) in [6.45, 7) is 0.433. The number of sulfonamides is 1. The molecule has 6 nitrogen and oxygen atoms in total. The van der Waals surface area contributed by atoms with Gasteiger partial charge in [0.25, 0.3) is 15.9 Å². The van der Waals surface area contributed by atoms with E-state index in [9.17, 15) is 13.2 Å². The van der Waals surface area contributed by atoms with Crippen molar-refractivity contribution in [2.24, 2.45) is 0 Å². The molecule has 0 saturated heterocycles. The Hall–Kier alpha value is -3.06. The Labute approximate surface area is 157 Å². The van der Waals surface area contributed by atoms with E-state index >= 15 is 0 Å². The molecule has 1 N–H and O–H groups in total. The third kappa shape index (κ3) is 3.33. The first kappa shape index (κ1) is 17.4. The monoisotopic (exact) mass is 382 g/mol. The summed E-state index contributed by atoms with van der Waals surface area (Å²) in [5.74, 6) is -0.120. The number of nitrogens with zero attached hydrogens (tertiary/aromatic N) is 1. The normalized spacial score (nSPS) is 13.9. The molecule has 0 bridgehead atoms. The van der Waals surface area contributed by atoms with Gasteiger partial charge in [-0.15, -0.1) is 0 Å². The van der Waals surface area contributed by atoms with Crippen molar-refractivity contribution in [3.63, 3.8) is 0 Å². The molecule has 3 aromatic rings. The molecule has 7 heteroatoms. The van der Waals surface area contributed by atoms with Crippen molar-refractivity contribution in [3.05, 3.63) is 78.3 Å². The van der Waals surface area contributed by atoms with Crippen molar-refractivity contribution in [2.75, 3.05) is 16.2 Å². The molecule has 1 aromatic heterocycles. The van der Waals surface area contributed by atoms with Crippen LogP contribution in [-0.2, 0) is 16.4 Å². The number of carbonyl (C=O) groups is 1. The molecule has 27 heavy (non-hydrogen) atoms. The van der Waals surface area contributed by atoms with Gasteiger partial charge < -0.3 is 9.73 Å². The third-order valence-electron chi connectivity index (χ3n) is 4.49. The maximum Gasteiger partial charge on any atom is 0.291 e. The number of hydrogen-bond acceptors (Lipinski definition) is 4. The van der Waals surface area contributed by atoms with Gasteiger partial charge in [0.1, 0.15) is 0 Å². The highest BCUT2D eigenvalue weighted by Gasteiger charge is 2.29. The number of aryl methyl sites for hydroxylation is 1. The van der Waals surface area contributed by atoms with E-state index in [0.717, 1.165) is 12.0 Å². The van der Waals surface area contributed by atoms with Gasteiger partial charge in [-0.1, -0.05) is 18.2 Å². The lowest BCUT2D eigenvalue weighted by Gasteiger charge is -2.30. The maximum atomic E-state index is 13.0. The van der Waals surface area contributed by atoms with Gasteiger partial charge in [-0.2, -0.15) is 0 Å². The van der Waals surface area contributed by atoms with Crippen LogP contribution in [0.25, 0.3) is 0 Å². The quantitative estimate of drug-likeness (QED) is 0.747. The summed E-state index contributed by atoms with van der Waals surface area (Å²) in [5.41, 5.74) is 2.15. The Balaban J connectivity index is 1.63. The Morgan fingerprint density at radius 2 is 1.85 bits per heavy atom. The van der Waals surface area contributed by atoms with Crippen LogP contribution in [0.3, 0.4) is 0 Å². The second-order valence-corrected chi connectivity index (χ2v) is 8.13. The van der Waals surface area contributed by atoms with Crippen LogP contribution in [0.15, 0.2) is 76.2 Å². The fourth-order valence-corrected chi connectivity index (χ4v) is 4.77. The molecule has 2 aromatic carbocycles. The lowest BCUT2D eigenvalue weighted by Crippen LogP contribution is -2.35. The van der Waals surface area contributed by atoms with Gasteiger partial charge in [-0.25, -0.2) is 8.42 Å².